The third-order valence-electron chi connectivity index (χ3n) is 2.63. The van der Waals surface area contributed by atoms with Gasteiger partial charge in [0, 0.05) is 41.8 Å². The number of pyridine rings is 1. The van der Waals surface area contributed by atoms with E-state index in [0.717, 1.165) is 5.69 Å². The molecule has 4 nitrogen and oxygen atoms in total. The van der Waals surface area contributed by atoms with Crippen molar-refractivity contribution in [3.63, 3.8) is 0 Å². The first-order chi connectivity index (χ1) is 8.56. The van der Waals surface area contributed by atoms with E-state index in [-0.39, 0.29) is 11.5 Å². The molecule has 0 saturated carbocycles. The van der Waals surface area contributed by atoms with E-state index in [1.807, 2.05) is 6.92 Å². The van der Waals surface area contributed by atoms with Crippen molar-refractivity contribution >= 4 is 10.9 Å². The van der Waals surface area contributed by atoms with Gasteiger partial charge in [0.1, 0.15) is 5.82 Å². The first kappa shape index (κ1) is 12.7. The highest BCUT2D eigenvalue weighted by Gasteiger charge is 2.03. The van der Waals surface area contributed by atoms with Gasteiger partial charge >= 0.3 is 0 Å². The molecule has 5 heteroatoms. The molecule has 0 bridgehead atoms. The summed E-state index contributed by atoms with van der Waals surface area (Å²) in [6.07, 6.45) is 0. The average Bonchev–Trinajstić information content (AvgIpc) is 2.30. The SMILES string of the molecule is C[C@H](N)CNCc1cc(=O)c2cc(F)ccc2[nH]1. The molecule has 96 valence electrons. The van der Waals surface area contributed by atoms with Crippen LogP contribution in [-0.4, -0.2) is 17.6 Å². The van der Waals surface area contributed by atoms with Crippen LogP contribution in [0.1, 0.15) is 12.6 Å². The summed E-state index contributed by atoms with van der Waals surface area (Å²) in [6.45, 7) is 3.10. The van der Waals surface area contributed by atoms with Crippen LogP contribution in [0.3, 0.4) is 0 Å². The highest BCUT2D eigenvalue weighted by molar-refractivity contribution is 5.78. The van der Waals surface area contributed by atoms with Crippen LogP contribution in [0, 0.1) is 5.82 Å². The van der Waals surface area contributed by atoms with Gasteiger partial charge in [-0.2, -0.15) is 0 Å². The van der Waals surface area contributed by atoms with Gasteiger partial charge in [0.05, 0.1) is 0 Å². The number of aromatic amines is 1. The maximum atomic E-state index is 13.0. The molecule has 2 rings (SSSR count). The lowest BCUT2D eigenvalue weighted by atomic mass is 10.2. The molecule has 1 atom stereocenters. The smallest absolute Gasteiger partial charge is 0.189 e. The molecule has 0 fully saturated rings. The Labute approximate surface area is 104 Å². The van der Waals surface area contributed by atoms with Crippen molar-refractivity contribution < 1.29 is 4.39 Å². The van der Waals surface area contributed by atoms with Crippen molar-refractivity contribution in [1.82, 2.24) is 10.3 Å². The number of H-pyrrole nitrogens is 1. The number of hydrogen-bond donors (Lipinski definition) is 3. The molecule has 0 aliphatic rings. The van der Waals surface area contributed by atoms with Crippen LogP contribution in [0.15, 0.2) is 29.1 Å². The molecule has 0 aliphatic carbocycles. The molecule has 0 saturated heterocycles. The normalized spacial score (nSPS) is 12.8. The average molecular weight is 249 g/mol. The monoisotopic (exact) mass is 249 g/mol. The number of nitrogens with one attached hydrogen (secondary N) is 2. The molecule has 2 aromatic rings. The third-order valence-corrected chi connectivity index (χ3v) is 2.63. The number of rotatable bonds is 4. The minimum absolute atomic E-state index is 0.0614. The van der Waals surface area contributed by atoms with E-state index < -0.39 is 5.82 Å². The lowest BCUT2D eigenvalue weighted by Crippen LogP contribution is -2.31. The summed E-state index contributed by atoms with van der Waals surface area (Å²) in [7, 11) is 0. The van der Waals surface area contributed by atoms with Gasteiger partial charge in [-0.15, -0.1) is 0 Å². The molecule has 0 amide bonds. The number of benzene rings is 1. The van der Waals surface area contributed by atoms with Crippen molar-refractivity contribution in [2.45, 2.75) is 19.5 Å². The van der Waals surface area contributed by atoms with Gasteiger partial charge in [-0.1, -0.05) is 0 Å². The molecule has 1 heterocycles. The number of nitrogens with two attached hydrogens (primary N) is 1. The fourth-order valence-electron chi connectivity index (χ4n) is 1.80. The zero-order valence-electron chi connectivity index (χ0n) is 10.2. The molecule has 0 unspecified atom stereocenters. The predicted octanol–water partition coefficient (Wildman–Crippen LogP) is 1.10. The summed E-state index contributed by atoms with van der Waals surface area (Å²) in [6, 6.07) is 5.69. The van der Waals surface area contributed by atoms with E-state index in [1.54, 1.807) is 6.07 Å². The minimum Gasteiger partial charge on any atom is -0.357 e. The van der Waals surface area contributed by atoms with Crippen LogP contribution in [0.5, 0.6) is 0 Å². The van der Waals surface area contributed by atoms with E-state index in [0.29, 0.717) is 24.0 Å². The van der Waals surface area contributed by atoms with Crippen molar-refractivity contribution in [3.05, 3.63) is 46.0 Å². The Morgan fingerprint density at radius 2 is 2.22 bits per heavy atom. The van der Waals surface area contributed by atoms with E-state index >= 15 is 0 Å². The number of halogens is 1. The molecular formula is C13H16FN3O. The lowest BCUT2D eigenvalue weighted by molar-refractivity contribution is 0.602. The molecular weight excluding hydrogens is 233 g/mol. The van der Waals surface area contributed by atoms with Crippen LogP contribution in [0.2, 0.25) is 0 Å². The first-order valence-corrected chi connectivity index (χ1v) is 5.84. The van der Waals surface area contributed by atoms with Gasteiger partial charge in [-0.05, 0) is 25.1 Å². The Morgan fingerprint density at radius 3 is 2.94 bits per heavy atom. The lowest BCUT2D eigenvalue weighted by Gasteiger charge is -2.08. The second-order valence-electron chi connectivity index (χ2n) is 4.46. The van der Waals surface area contributed by atoms with Crippen LogP contribution >= 0.6 is 0 Å². The second kappa shape index (κ2) is 5.29. The second-order valence-corrected chi connectivity index (χ2v) is 4.46. The summed E-state index contributed by atoms with van der Waals surface area (Å²) < 4.78 is 13.0. The highest BCUT2D eigenvalue weighted by Crippen LogP contribution is 2.10. The van der Waals surface area contributed by atoms with Gasteiger partial charge in [0.15, 0.2) is 5.43 Å². The number of hydrogen-bond acceptors (Lipinski definition) is 3. The molecule has 1 aromatic carbocycles. The van der Waals surface area contributed by atoms with Crippen molar-refractivity contribution in [1.29, 1.82) is 0 Å². The van der Waals surface area contributed by atoms with Crippen molar-refractivity contribution in [2.24, 2.45) is 5.73 Å². The minimum atomic E-state index is -0.407. The van der Waals surface area contributed by atoms with Crippen LogP contribution in [0.25, 0.3) is 10.9 Å². The van der Waals surface area contributed by atoms with Crippen molar-refractivity contribution in [3.8, 4) is 0 Å². The third kappa shape index (κ3) is 2.94. The number of aromatic nitrogens is 1. The van der Waals surface area contributed by atoms with Crippen molar-refractivity contribution in [2.75, 3.05) is 6.54 Å². The Kier molecular flexibility index (Phi) is 3.74. The Balaban J connectivity index is 2.26. The van der Waals surface area contributed by atoms with E-state index in [1.165, 1.54) is 18.2 Å². The van der Waals surface area contributed by atoms with E-state index in [4.69, 9.17) is 5.73 Å². The van der Waals surface area contributed by atoms with Crippen LogP contribution in [-0.2, 0) is 6.54 Å². The maximum Gasteiger partial charge on any atom is 0.189 e. The summed E-state index contributed by atoms with van der Waals surface area (Å²) in [5, 5.41) is 3.50. The van der Waals surface area contributed by atoms with Gasteiger partial charge in [0.2, 0.25) is 0 Å². The summed E-state index contributed by atoms with van der Waals surface area (Å²) in [5.74, 6) is -0.407. The zero-order chi connectivity index (χ0) is 13.1. The molecule has 1 aromatic heterocycles. The molecule has 18 heavy (non-hydrogen) atoms. The van der Waals surface area contributed by atoms with Crippen LogP contribution < -0.4 is 16.5 Å². The summed E-state index contributed by atoms with van der Waals surface area (Å²) in [5.41, 5.74) is 6.84. The summed E-state index contributed by atoms with van der Waals surface area (Å²) >= 11 is 0. The Morgan fingerprint density at radius 1 is 1.44 bits per heavy atom. The quantitative estimate of drug-likeness (QED) is 0.760. The zero-order valence-corrected chi connectivity index (χ0v) is 10.2. The van der Waals surface area contributed by atoms with Gasteiger partial charge in [0.25, 0.3) is 0 Å². The first-order valence-electron chi connectivity index (χ1n) is 5.84. The van der Waals surface area contributed by atoms with Crippen LogP contribution in [0.4, 0.5) is 4.39 Å². The molecule has 0 radical (unpaired) electrons. The Bertz CT molecular complexity index is 607. The maximum absolute atomic E-state index is 13.0. The topological polar surface area (TPSA) is 70.9 Å². The highest BCUT2D eigenvalue weighted by atomic mass is 19.1. The summed E-state index contributed by atoms with van der Waals surface area (Å²) in [4.78, 5) is 14.9. The fraction of sp³-hybridized carbons (Fsp3) is 0.308. The number of fused-ring (bicyclic) bond motifs is 1. The van der Waals surface area contributed by atoms with E-state index in [2.05, 4.69) is 10.3 Å². The van der Waals surface area contributed by atoms with Gasteiger partial charge < -0.3 is 16.0 Å². The van der Waals surface area contributed by atoms with Gasteiger partial charge in [-0.3, -0.25) is 4.79 Å². The largest absolute Gasteiger partial charge is 0.357 e. The van der Waals surface area contributed by atoms with E-state index in [9.17, 15) is 9.18 Å². The Hall–Kier alpha value is -1.72. The predicted molar refractivity (Wildman–Crippen MR) is 69.9 cm³/mol. The molecule has 4 N–H and O–H groups in total. The molecule has 0 aliphatic heterocycles. The van der Waals surface area contributed by atoms with Gasteiger partial charge in [-0.25, -0.2) is 4.39 Å². The fourth-order valence-corrected chi connectivity index (χ4v) is 1.80. The molecule has 0 spiro atoms. The standard InChI is InChI=1S/C13H16FN3O/c1-8(15)6-16-7-10-5-13(18)11-4-9(14)2-3-12(11)17-10/h2-5,8,16H,6-7,15H2,1H3,(H,17,18)/t8-/m0/s1.